The highest BCUT2D eigenvalue weighted by Gasteiger charge is 2.28. The van der Waals surface area contributed by atoms with Gasteiger partial charge in [0.2, 0.25) is 5.88 Å². The number of hydrogen-bond acceptors (Lipinski definition) is 5. The van der Waals surface area contributed by atoms with Crippen LogP contribution in [0.5, 0.6) is 5.88 Å². The summed E-state index contributed by atoms with van der Waals surface area (Å²) in [7, 11) is 0. The van der Waals surface area contributed by atoms with Crippen LogP contribution in [0.3, 0.4) is 0 Å². The Morgan fingerprint density at radius 1 is 1.27 bits per heavy atom. The molecule has 1 atom stereocenters. The molecule has 0 aliphatic carbocycles. The molecule has 3 heterocycles. The van der Waals surface area contributed by atoms with E-state index >= 15 is 0 Å². The second kappa shape index (κ2) is 6.09. The van der Waals surface area contributed by atoms with Crippen molar-refractivity contribution in [3.8, 4) is 5.88 Å². The Bertz CT molecular complexity index is 655. The third kappa shape index (κ3) is 3.21. The van der Waals surface area contributed by atoms with E-state index in [-0.39, 0.29) is 12.0 Å². The Balaban J connectivity index is 1.64. The number of aryl methyl sites for hydroxylation is 2. The molecule has 22 heavy (non-hydrogen) atoms. The van der Waals surface area contributed by atoms with Crippen molar-refractivity contribution >= 4 is 5.91 Å². The smallest absolute Gasteiger partial charge is 0.254 e. The molecule has 0 unspecified atom stereocenters. The van der Waals surface area contributed by atoms with E-state index in [1.807, 2.05) is 19.9 Å². The van der Waals surface area contributed by atoms with Gasteiger partial charge in [-0.05, 0) is 26.0 Å². The van der Waals surface area contributed by atoms with E-state index in [0.717, 1.165) is 12.1 Å². The van der Waals surface area contributed by atoms with Crippen molar-refractivity contribution < 1.29 is 9.53 Å². The first kappa shape index (κ1) is 14.4. The van der Waals surface area contributed by atoms with E-state index in [0.29, 0.717) is 30.4 Å². The van der Waals surface area contributed by atoms with Crippen molar-refractivity contribution in [3.63, 3.8) is 0 Å². The number of aromatic nitrogens is 3. The zero-order valence-electron chi connectivity index (χ0n) is 12.7. The van der Waals surface area contributed by atoms with Crippen LogP contribution in [-0.2, 0) is 0 Å². The van der Waals surface area contributed by atoms with Gasteiger partial charge in [-0.15, -0.1) is 0 Å². The van der Waals surface area contributed by atoms with Gasteiger partial charge in [0.25, 0.3) is 5.91 Å². The summed E-state index contributed by atoms with van der Waals surface area (Å²) in [6, 6.07) is 5.28. The summed E-state index contributed by atoms with van der Waals surface area (Å²) >= 11 is 0. The fourth-order valence-electron chi connectivity index (χ4n) is 2.60. The van der Waals surface area contributed by atoms with Crippen LogP contribution in [0.1, 0.15) is 28.3 Å². The van der Waals surface area contributed by atoms with Crippen molar-refractivity contribution in [2.24, 2.45) is 0 Å². The molecule has 2 aromatic heterocycles. The molecule has 3 rings (SSSR count). The molecule has 0 aromatic carbocycles. The minimum absolute atomic E-state index is 0.0172. The third-order valence-electron chi connectivity index (χ3n) is 3.59. The molecule has 2 aromatic rings. The molecule has 6 heteroatoms. The second-order valence-corrected chi connectivity index (χ2v) is 5.41. The molecule has 1 aliphatic rings. The molecule has 1 fully saturated rings. The van der Waals surface area contributed by atoms with Gasteiger partial charge in [-0.3, -0.25) is 9.78 Å². The highest BCUT2D eigenvalue weighted by molar-refractivity contribution is 5.94. The predicted octanol–water partition coefficient (Wildman–Crippen LogP) is 1.78. The maximum absolute atomic E-state index is 12.4. The topological polar surface area (TPSA) is 68.2 Å². The number of amides is 1. The van der Waals surface area contributed by atoms with Gasteiger partial charge in [0.1, 0.15) is 11.9 Å². The fraction of sp³-hybridized carbons (Fsp3) is 0.375. The largest absolute Gasteiger partial charge is 0.472 e. The van der Waals surface area contributed by atoms with Crippen molar-refractivity contribution in [2.45, 2.75) is 26.4 Å². The standard InChI is InChI=1S/C16H18N4O2/c1-11-9-15(19-12(2)18-11)22-14-5-8-20(10-14)16(21)13-3-6-17-7-4-13/h3-4,6-7,9,14H,5,8,10H2,1-2H3/t14-/m0/s1. The molecule has 6 nitrogen and oxygen atoms in total. The Morgan fingerprint density at radius 2 is 2.05 bits per heavy atom. The number of hydrogen-bond donors (Lipinski definition) is 0. The van der Waals surface area contributed by atoms with Crippen LogP contribution in [0, 0.1) is 13.8 Å². The minimum atomic E-state index is -0.0283. The summed E-state index contributed by atoms with van der Waals surface area (Å²) in [5.41, 5.74) is 1.54. The lowest BCUT2D eigenvalue weighted by molar-refractivity contribution is 0.0771. The Kier molecular flexibility index (Phi) is 4.00. The van der Waals surface area contributed by atoms with Gasteiger partial charge < -0.3 is 9.64 Å². The van der Waals surface area contributed by atoms with Gasteiger partial charge in [0.15, 0.2) is 0 Å². The van der Waals surface area contributed by atoms with Gasteiger partial charge in [-0.1, -0.05) is 0 Å². The van der Waals surface area contributed by atoms with E-state index in [1.165, 1.54) is 0 Å². The molecular weight excluding hydrogens is 280 g/mol. The minimum Gasteiger partial charge on any atom is -0.472 e. The van der Waals surface area contributed by atoms with E-state index in [2.05, 4.69) is 15.0 Å². The number of ether oxygens (including phenoxy) is 1. The summed E-state index contributed by atoms with van der Waals surface area (Å²) in [5, 5.41) is 0. The average molecular weight is 298 g/mol. The number of likely N-dealkylation sites (tertiary alicyclic amines) is 1. The van der Waals surface area contributed by atoms with Crippen molar-refractivity contribution in [2.75, 3.05) is 13.1 Å². The molecule has 0 bridgehead atoms. The number of carbonyl (C=O) groups excluding carboxylic acids is 1. The number of rotatable bonds is 3. The fourth-order valence-corrected chi connectivity index (χ4v) is 2.60. The second-order valence-electron chi connectivity index (χ2n) is 5.41. The molecule has 0 spiro atoms. The van der Waals surface area contributed by atoms with Crippen molar-refractivity contribution in [1.29, 1.82) is 0 Å². The zero-order valence-corrected chi connectivity index (χ0v) is 12.7. The first-order valence-corrected chi connectivity index (χ1v) is 7.30. The van der Waals surface area contributed by atoms with Crippen LogP contribution in [0.15, 0.2) is 30.6 Å². The predicted molar refractivity (Wildman–Crippen MR) is 80.7 cm³/mol. The molecule has 1 saturated heterocycles. The van der Waals surface area contributed by atoms with Crippen LogP contribution in [-0.4, -0.2) is 45.0 Å². The van der Waals surface area contributed by atoms with E-state index in [9.17, 15) is 4.79 Å². The summed E-state index contributed by atoms with van der Waals surface area (Å²) in [5.74, 6) is 1.29. The van der Waals surface area contributed by atoms with Crippen molar-refractivity contribution in [1.82, 2.24) is 19.9 Å². The van der Waals surface area contributed by atoms with Crippen LogP contribution in [0.25, 0.3) is 0 Å². The van der Waals surface area contributed by atoms with Crippen molar-refractivity contribution in [3.05, 3.63) is 47.7 Å². The third-order valence-corrected chi connectivity index (χ3v) is 3.59. The summed E-state index contributed by atoms with van der Waals surface area (Å²) in [6.07, 6.45) is 4.03. The number of nitrogens with zero attached hydrogens (tertiary/aromatic N) is 4. The van der Waals surface area contributed by atoms with Gasteiger partial charge in [-0.2, -0.15) is 4.98 Å². The Hall–Kier alpha value is -2.50. The highest BCUT2D eigenvalue weighted by Crippen LogP contribution is 2.19. The van der Waals surface area contributed by atoms with Crippen LogP contribution < -0.4 is 4.74 Å². The summed E-state index contributed by atoms with van der Waals surface area (Å²) < 4.78 is 5.90. The molecule has 0 radical (unpaired) electrons. The van der Waals surface area contributed by atoms with Gasteiger partial charge >= 0.3 is 0 Å². The summed E-state index contributed by atoms with van der Waals surface area (Å²) in [6.45, 7) is 5.02. The maximum atomic E-state index is 12.4. The lowest BCUT2D eigenvalue weighted by Gasteiger charge is -2.17. The zero-order chi connectivity index (χ0) is 15.5. The maximum Gasteiger partial charge on any atom is 0.254 e. The molecular formula is C16H18N4O2. The Morgan fingerprint density at radius 3 is 2.77 bits per heavy atom. The van der Waals surface area contributed by atoms with Gasteiger partial charge in [0, 0.05) is 42.7 Å². The first-order chi connectivity index (χ1) is 10.6. The quantitative estimate of drug-likeness (QED) is 0.864. The monoisotopic (exact) mass is 298 g/mol. The average Bonchev–Trinajstić information content (AvgIpc) is 2.95. The Labute approximate surface area is 129 Å². The van der Waals surface area contributed by atoms with E-state index in [4.69, 9.17) is 4.74 Å². The van der Waals surface area contributed by atoms with Crippen LogP contribution >= 0.6 is 0 Å². The first-order valence-electron chi connectivity index (χ1n) is 7.30. The van der Waals surface area contributed by atoms with E-state index in [1.54, 1.807) is 29.4 Å². The number of pyridine rings is 1. The molecule has 114 valence electrons. The SMILES string of the molecule is Cc1cc(O[C@H]2CCN(C(=O)c3ccncc3)C2)nc(C)n1. The van der Waals surface area contributed by atoms with E-state index < -0.39 is 0 Å². The number of carbonyl (C=O) groups is 1. The van der Waals surface area contributed by atoms with Crippen LogP contribution in [0.4, 0.5) is 0 Å². The van der Waals surface area contributed by atoms with Crippen LogP contribution in [0.2, 0.25) is 0 Å². The van der Waals surface area contributed by atoms with Gasteiger partial charge in [0.05, 0.1) is 6.54 Å². The molecule has 1 aliphatic heterocycles. The molecule has 0 N–H and O–H groups in total. The van der Waals surface area contributed by atoms with Gasteiger partial charge in [-0.25, -0.2) is 4.98 Å². The highest BCUT2D eigenvalue weighted by atomic mass is 16.5. The summed E-state index contributed by atoms with van der Waals surface area (Å²) in [4.78, 5) is 26.6. The lowest BCUT2D eigenvalue weighted by Crippen LogP contribution is -2.31. The lowest BCUT2D eigenvalue weighted by atomic mass is 10.2. The molecule has 1 amide bonds. The normalized spacial score (nSPS) is 17.5. The molecule has 0 saturated carbocycles.